The van der Waals surface area contributed by atoms with Crippen LogP contribution in [0.25, 0.3) is 11.3 Å². The number of anilines is 2. The Morgan fingerprint density at radius 1 is 1.09 bits per heavy atom. The number of aromatic nitrogens is 2. The molecule has 0 bridgehead atoms. The second-order valence-electron chi connectivity index (χ2n) is 10.4. The average molecular weight is 467 g/mol. The van der Waals surface area contributed by atoms with Crippen LogP contribution in [0.3, 0.4) is 0 Å². The number of nitrogens with zero attached hydrogens (tertiary/aromatic N) is 5. The van der Waals surface area contributed by atoms with Crippen LogP contribution in [0.2, 0.25) is 0 Å². The lowest BCUT2D eigenvalue weighted by Crippen LogP contribution is -2.61. The second kappa shape index (κ2) is 8.94. The summed E-state index contributed by atoms with van der Waals surface area (Å²) in [5.41, 5.74) is 1.95. The van der Waals surface area contributed by atoms with Crippen molar-refractivity contribution in [2.75, 3.05) is 49.5 Å². The Labute approximate surface area is 200 Å². The second-order valence-corrected chi connectivity index (χ2v) is 10.4. The van der Waals surface area contributed by atoms with Gasteiger partial charge in [-0.3, -0.25) is 4.90 Å². The molecule has 1 amide bonds. The van der Waals surface area contributed by atoms with Crippen molar-refractivity contribution in [2.24, 2.45) is 0 Å². The molecule has 9 heteroatoms. The molecule has 5 rings (SSSR count). The molecule has 0 spiro atoms. The molecule has 2 fully saturated rings. The number of aromatic hydroxyl groups is 1. The van der Waals surface area contributed by atoms with Crippen molar-refractivity contribution in [1.29, 1.82) is 0 Å². The molecule has 0 unspecified atom stereocenters. The molecule has 1 aromatic carbocycles. The summed E-state index contributed by atoms with van der Waals surface area (Å²) in [5, 5.41) is 22.5. The Balaban J connectivity index is 1.23. The minimum atomic E-state index is -0.460. The van der Waals surface area contributed by atoms with Gasteiger partial charge in [-0.1, -0.05) is 12.1 Å². The number of piperidine rings is 1. The van der Waals surface area contributed by atoms with Gasteiger partial charge in [-0.05, 0) is 51.8 Å². The lowest BCUT2D eigenvalue weighted by atomic mass is 9.99. The highest BCUT2D eigenvalue weighted by Crippen LogP contribution is 2.36. The third-order valence-corrected chi connectivity index (χ3v) is 6.92. The van der Waals surface area contributed by atoms with Crippen LogP contribution in [-0.4, -0.2) is 88.2 Å². The fourth-order valence-electron chi connectivity index (χ4n) is 5.21. The Hall–Kier alpha value is -3.07. The first kappa shape index (κ1) is 22.7. The van der Waals surface area contributed by atoms with E-state index in [1.807, 2.05) is 43.9 Å². The van der Waals surface area contributed by atoms with Gasteiger partial charge in [0.1, 0.15) is 11.4 Å². The van der Waals surface area contributed by atoms with Crippen molar-refractivity contribution in [3.63, 3.8) is 0 Å². The number of piperazine rings is 1. The minimum absolute atomic E-state index is 0.203. The van der Waals surface area contributed by atoms with Crippen LogP contribution in [0.5, 0.6) is 5.75 Å². The lowest BCUT2D eigenvalue weighted by Gasteiger charge is -2.49. The molecule has 1 aromatic heterocycles. The van der Waals surface area contributed by atoms with Crippen LogP contribution < -0.4 is 10.2 Å². The number of phenolic OH excluding ortho intramolecular Hbond substituents is 1. The lowest BCUT2D eigenvalue weighted by molar-refractivity contribution is 0.0131. The van der Waals surface area contributed by atoms with E-state index in [0.29, 0.717) is 23.3 Å². The number of carbonyl (C=O) groups excluding carboxylic acids is 1. The molecule has 0 radical (unpaired) electrons. The van der Waals surface area contributed by atoms with E-state index < -0.39 is 5.60 Å². The first-order valence-electron chi connectivity index (χ1n) is 12.2. The molecule has 3 aliphatic rings. The number of carbonyl (C=O) groups is 1. The number of amides is 1. The highest BCUT2D eigenvalue weighted by atomic mass is 16.6. The Morgan fingerprint density at radius 3 is 2.59 bits per heavy atom. The molecule has 3 aliphatic heterocycles. The van der Waals surface area contributed by atoms with Crippen LogP contribution in [-0.2, 0) is 4.74 Å². The summed E-state index contributed by atoms with van der Waals surface area (Å²) in [7, 11) is 0. The van der Waals surface area contributed by atoms with E-state index >= 15 is 0 Å². The first-order valence-corrected chi connectivity index (χ1v) is 12.2. The third-order valence-electron chi connectivity index (χ3n) is 6.92. The van der Waals surface area contributed by atoms with Crippen molar-refractivity contribution in [3.8, 4) is 17.0 Å². The number of ether oxygens (including phenoxy) is 1. The summed E-state index contributed by atoms with van der Waals surface area (Å²) in [5.74, 6) is 1.01. The number of likely N-dealkylation sites (tertiary alicyclic amines) is 1. The number of phenols is 1. The Bertz CT molecular complexity index is 1050. The standard InChI is InChI=1S/C25H34N6O3/c1-25(2,3)34-24(33)29-10-8-17(9-11-29)30-12-13-31-18(16-30)15-26-23-21(31)14-20(27-28-23)19-6-4-5-7-22(19)32/h4-7,14,17-18,32H,8-13,15-16H2,1-3H3,(H,26,28)/t18-/m0/s1. The molecule has 2 aromatic rings. The normalized spacial score (nSPS) is 21.4. The minimum Gasteiger partial charge on any atom is -0.507 e. The number of fused-ring (bicyclic) bond motifs is 3. The van der Waals surface area contributed by atoms with Gasteiger partial charge in [0.05, 0.1) is 17.4 Å². The number of rotatable bonds is 2. The van der Waals surface area contributed by atoms with E-state index in [-0.39, 0.29) is 11.8 Å². The number of hydrogen-bond acceptors (Lipinski definition) is 8. The maximum Gasteiger partial charge on any atom is 0.410 e. The number of benzene rings is 1. The molecule has 9 nitrogen and oxygen atoms in total. The molecular weight excluding hydrogens is 432 g/mol. The zero-order valence-electron chi connectivity index (χ0n) is 20.2. The monoisotopic (exact) mass is 466 g/mol. The molecule has 0 saturated carbocycles. The van der Waals surface area contributed by atoms with Gasteiger partial charge in [-0.2, -0.15) is 0 Å². The first-order chi connectivity index (χ1) is 16.3. The van der Waals surface area contributed by atoms with Crippen LogP contribution in [0.4, 0.5) is 16.3 Å². The van der Waals surface area contributed by atoms with E-state index in [1.165, 1.54) is 0 Å². The topological polar surface area (TPSA) is 94.1 Å². The van der Waals surface area contributed by atoms with Gasteiger partial charge in [0.25, 0.3) is 0 Å². The fraction of sp³-hybridized carbons (Fsp3) is 0.560. The molecule has 2 saturated heterocycles. The summed E-state index contributed by atoms with van der Waals surface area (Å²) in [6.45, 7) is 10.9. The van der Waals surface area contributed by atoms with E-state index in [0.717, 1.165) is 63.6 Å². The van der Waals surface area contributed by atoms with Crippen molar-refractivity contribution in [1.82, 2.24) is 20.0 Å². The van der Waals surface area contributed by atoms with Gasteiger partial charge < -0.3 is 25.0 Å². The zero-order valence-corrected chi connectivity index (χ0v) is 20.2. The smallest absolute Gasteiger partial charge is 0.410 e. The van der Waals surface area contributed by atoms with Gasteiger partial charge in [0, 0.05) is 50.9 Å². The van der Waals surface area contributed by atoms with Crippen LogP contribution in [0.1, 0.15) is 33.6 Å². The van der Waals surface area contributed by atoms with Crippen LogP contribution in [0.15, 0.2) is 30.3 Å². The van der Waals surface area contributed by atoms with Gasteiger partial charge in [-0.15, -0.1) is 10.2 Å². The zero-order chi connectivity index (χ0) is 23.9. The summed E-state index contributed by atoms with van der Waals surface area (Å²) < 4.78 is 5.54. The van der Waals surface area contributed by atoms with Gasteiger partial charge in [0.2, 0.25) is 0 Å². The van der Waals surface area contributed by atoms with Crippen LogP contribution in [0, 0.1) is 0 Å². The predicted molar refractivity (Wildman–Crippen MR) is 131 cm³/mol. The number of hydrogen-bond donors (Lipinski definition) is 2. The average Bonchev–Trinajstić information content (AvgIpc) is 2.82. The molecule has 34 heavy (non-hydrogen) atoms. The third kappa shape index (κ3) is 4.61. The van der Waals surface area contributed by atoms with E-state index in [9.17, 15) is 9.90 Å². The largest absolute Gasteiger partial charge is 0.507 e. The molecule has 0 aliphatic carbocycles. The molecule has 4 heterocycles. The van der Waals surface area contributed by atoms with Gasteiger partial charge >= 0.3 is 6.09 Å². The summed E-state index contributed by atoms with van der Waals surface area (Å²) >= 11 is 0. The number of para-hydroxylation sites is 1. The Kier molecular flexibility index (Phi) is 5.97. The van der Waals surface area contributed by atoms with E-state index in [4.69, 9.17) is 4.74 Å². The molecule has 2 N–H and O–H groups in total. The van der Waals surface area contributed by atoms with Crippen molar-refractivity contribution in [2.45, 2.75) is 51.3 Å². The summed E-state index contributed by atoms with van der Waals surface area (Å²) in [6, 6.07) is 10.1. The summed E-state index contributed by atoms with van der Waals surface area (Å²) in [6.07, 6.45) is 1.74. The number of nitrogens with one attached hydrogen (secondary N) is 1. The van der Waals surface area contributed by atoms with E-state index in [1.54, 1.807) is 12.1 Å². The maximum absolute atomic E-state index is 12.4. The molecular formula is C25H34N6O3. The van der Waals surface area contributed by atoms with Crippen LogP contribution >= 0.6 is 0 Å². The van der Waals surface area contributed by atoms with Crippen molar-refractivity contribution >= 4 is 17.6 Å². The summed E-state index contributed by atoms with van der Waals surface area (Å²) in [4.78, 5) is 19.3. The van der Waals surface area contributed by atoms with Gasteiger partial charge in [-0.25, -0.2) is 4.79 Å². The highest BCUT2D eigenvalue weighted by Gasteiger charge is 2.37. The molecule has 1 atom stereocenters. The Morgan fingerprint density at radius 2 is 1.85 bits per heavy atom. The van der Waals surface area contributed by atoms with E-state index in [2.05, 4.69) is 25.3 Å². The predicted octanol–water partition coefficient (Wildman–Crippen LogP) is 3.16. The van der Waals surface area contributed by atoms with Gasteiger partial charge in [0.15, 0.2) is 5.82 Å². The quantitative estimate of drug-likeness (QED) is 0.697. The van der Waals surface area contributed by atoms with Crippen molar-refractivity contribution in [3.05, 3.63) is 30.3 Å². The highest BCUT2D eigenvalue weighted by molar-refractivity contribution is 5.76. The molecule has 182 valence electrons. The maximum atomic E-state index is 12.4. The van der Waals surface area contributed by atoms with Crippen molar-refractivity contribution < 1.29 is 14.6 Å². The fourth-order valence-corrected chi connectivity index (χ4v) is 5.21. The SMILES string of the molecule is CC(C)(C)OC(=O)N1CCC(N2CCN3c4cc(-c5ccccc5O)nnc4NC[C@H]3C2)CC1.